The number of carbonyl (C=O) groups excluding carboxylic acids is 2. The molecule has 0 spiro atoms. The van der Waals surface area contributed by atoms with Crippen LogP contribution in [0.5, 0.6) is 0 Å². The largest absolute Gasteiger partial charge is 0.462 e. The highest BCUT2D eigenvalue weighted by molar-refractivity contribution is 5.89. The van der Waals surface area contributed by atoms with Gasteiger partial charge in [-0.3, -0.25) is 0 Å². The van der Waals surface area contributed by atoms with Gasteiger partial charge in [-0.25, -0.2) is 9.59 Å². The maximum Gasteiger partial charge on any atom is 0.338 e. The molecule has 2 aromatic rings. The number of ether oxygens (including phenoxy) is 3. The summed E-state index contributed by atoms with van der Waals surface area (Å²) >= 11 is 0. The van der Waals surface area contributed by atoms with Gasteiger partial charge in [0.2, 0.25) is 0 Å². The number of carbonyl (C=O) groups is 2. The minimum Gasteiger partial charge on any atom is -0.462 e. The number of benzene rings is 2. The molecule has 1 heterocycles. The molecular formula is C20H20O5. The second-order valence-electron chi connectivity index (χ2n) is 5.89. The molecule has 0 aliphatic carbocycles. The molecule has 25 heavy (non-hydrogen) atoms. The molecule has 1 aliphatic rings. The van der Waals surface area contributed by atoms with Crippen molar-refractivity contribution in [2.75, 3.05) is 19.8 Å². The molecular weight excluding hydrogens is 320 g/mol. The molecule has 0 N–H and O–H groups in total. The van der Waals surface area contributed by atoms with Gasteiger partial charge in [0.15, 0.2) is 0 Å². The van der Waals surface area contributed by atoms with E-state index < -0.39 is 0 Å². The summed E-state index contributed by atoms with van der Waals surface area (Å²) in [4.78, 5) is 24.0. The molecule has 2 atom stereocenters. The van der Waals surface area contributed by atoms with Gasteiger partial charge < -0.3 is 14.2 Å². The average molecular weight is 340 g/mol. The van der Waals surface area contributed by atoms with Crippen molar-refractivity contribution in [1.82, 2.24) is 0 Å². The first-order chi connectivity index (χ1) is 12.2. The fourth-order valence-corrected chi connectivity index (χ4v) is 2.72. The molecule has 5 nitrogen and oxygen atoms in total. The summed E-state index contributed by atoms with van der Waals surface area (Å²) in [7, 11) is 0. The Balaban J connectivity index is 1.47. The van der Waals surface area contributed by atoms with E-state index in [1.807, 2.05) is 12.1 Å². The molecule has 0 saturated carbocycles. The normalized spacial score (nSPS) is 19.4. The quantitative estimate of drug-likeness (QED) is 0.756. The Bertz CT molecular complexity index is 637. The van der Waals surface area contributed by atoms with Crippen molar-refractivity contribution < 1.29 is 23.8 Å². The smallest absolute Gasteiger partial charge is 0.338 e. The Morgan fingerprint density at radius 3 is 1.92 bits per heavy atom. The lowest BCUT2D eigenvalue weighted by Gasteiger charge is -2.18. The summed E-state index contributed by atoms with van der Waals surface area (Å²) in [5.74, 6) is -0.708. The molecule has 130 valence electrons. The van der Waals surface area contributed by atoms with Gasteiger partial charge in [0.05, 0.1) is 23.8 Å². The number of hydrogen-bond donors (Lipinski definition) is 0. The van der Waals surface area contributed by atoms with Crippen molar-refractivity contribution >= 4 is 11.9 Å². The highest BCUT2D eigenvalue weighted by Crippen LogP contribution is 2.22. The highest BCUT2D eigenvalue weighted by atomic mass is 16.6. The Hall–Kier alpha value is -2.66. The zero-order valence-electron chi connectivity index (χ0n) is 13.8. The predicted octanol–water partition coefficient (Wildman–Crippen LogP) is 3.11. The van der Waals surface area contributed by atoms with Crippen molar-refractivity contribution in [2.24, 2.45) is 5.92 Å². The van der Waals surface area contributed by atoms with Crippen LogP contribution in [0.2, 0.25) is 0 Å². The summed E-state index contributed by atoms with van der Waals surface area (Å²) in [6.45, 7) is 0.976. The summed E-state index contributed by atoms with van der Waals surface area (Å²) in [5.41, 5.74) is 1.03. The van der Waals surface area contributed by atoms with E-state index in [4.69, 9.17) is 14.2 Å². The molecule has 3 rings (SSSR count). The molecule has 0 aromatic heterocycles. The van der Waals surface area contributed by atoms with Gasteiger partial charge in [-0.05, 0) is 30.7 Å². The van der Waals surface area contributed by atoms with E-state index in [0.29, 0.717) is 17.7 Å². The molecule has 1 saturated heterocycles. The van der Waals surface area contributed by atoms with Crippen molar-refractivity contribution in [2.45, 2.75) is 12.5 Å². The lowest BCUT2D eigenvalue weighted by Crippen LogP contribution is -2.28. The van der Waals surface area contributed by atoms with E-state index in [2.05, 4.69) is 0 Å². The minimum absolute atomic E-state index is 0.0243. The average Bonchev–Trinajstić information content (AvgIpc) is 3.13. The summed E-state index contributed by atoms with van der Waals surface area (Å²) in [6, 6.07) is 17.7. The van der Waals surface area contributed by atoms with E-state index in [1.165, 1.54) is 0 Å². The molecule has 2 aromatic carbocycles. The predicted molar refractivity (Wildman–Crippen MR) is 91.3 cm³/mol. The summed E-state index contributed by atoms with van der Waals surface area (Å²) in [5, 5.41) is 0. The second kappa shape index (κ2) is 8.44. The molecule has 0 bridgehead atoms. The van der Waals surface area contributed by atoms with Crippen molar-refractivity contribution in [3.63, 3.8) is 0 Å². The van der Waals surface area contributed by atoms with Gasteiger partial charge >= 0.3 is 11.9 Å². The van der Waals surface area contributed by atoms with Crippen LogP contribution in [0.3, 0.4) is 0 Å². The maximum atomic E-state index is 12.0. The third-order valence-electron chi connectivity index (χ3n) is 4.17. The third-order valence-corrected chi connectivity index (χ3v) is 4.17. The summed E-state index contributed by atoms with van der Waals surface area (Å²) in [6.07, 6.45) is 0.520. The molecule has 1 aliphatic heterocycles. The van der Waals surface area contributed by atoms with E-state index >= 15 is 0 Å². The Morgan fingerprint density at radius 2 is 1.36 bits per heavy atom. The first kappa shape index (κ1) is 17.2. The van der Waals surface area contributed by atoms with E-state index in [-0.39, 0.29) is 37.2 Å². The van der Waals surface area contributed by atoms with E-state index in [0.717, 1.165) is 6.42 Å². The van der Waals surface area contributed by atoms with Crippen LogP contribution in [0.1, 0.15) is 27.1 Å². The Labute approximate surface area is 146 Å². The fourth-order valence-electron chi connectivity index (χ4n) is 2.72. The lowest BCUT2D eigenvalue weighted by atomic mass is 10.0. The summed E-state index contributed by atoms with van der Waals surface area (Å²) < 4.78 is 16.3. The van der Waals surface area contributed by atoms with Crippen LogP contribution in [-0.2, 0) is 14.2 Å². The molecule has 5 heteroatoms. The van der Waals surface area contributed by atoms with Crippen LogP contribution in [0.4, 0.5) is 0 Å². The zero-order valence-corrected chi connectivity index (χ0v) is 13.8. The van der Waals surface area contributed by atoms with Crippen LogP contribution < -0.4 is 0 Å². The van der Waals surface area contributed by atoms with Gasteiger partial charge in [0.1, 0.15) is 6.61 Å². The van der Waals surface area contributed by atoms with Crippen LogP contribution in [0.15, 0.2) is 60.7 Å². The maximum absolute atomic E-state index is 12.0. The molecule has 0 radical (unpaired) electrons. The van der Waals surface area contributed by atoms with Crippen molar-refractivity contribution in [1.29, 1.82) is 0 Å². The van der Waals surface area contributed by atoms with Crippen LogP contribution in [0, 0.1) is 5.92 Å². The molecule has 0 amide bonds. The van der Waals surface area contributed by atoms with Crippen LogP contribution in [-0.4, -0.2) is 37.9 Å². The van der Waals surface area contributed by atoms with Crippen molar-refractivity contribution in [3.8, 4) is 0 Å². The van der Waals surface area contributed by atoms with E-state index in [9.17, 15) is 9.59 Å². The van der Waals surface area contributed by atoms with Gasteiger partial charge in [-0.2, -0.15) is 0 Å². The molecule has 1 fully saturated rings. The zero-order chi connectivity index (χ0) is 17.5. The highest BCUT2D eigenvalue weighted by Gasteiger charge is 2.30. The van der Waals surface area contributed by atoms with Gasteiger partial charge in [0, 0.05) is 12.5 Å². The number of hydrogen-bond acceptors (Lipinski definition) is 5. The van der Waals surface area contributed by atoms with Gasteiger partial charge in [-0.15, -0.1) is 0 Å². The minimum atomic E-state index is -0.379. The monoisotopic (exact) mass is 340 g/mol. The first-order valence-electron chi connectivity index (χ1n) is 8.30. The fraction of sp³-hybridized carbons (Fsp3) is 0.300. The molecule has 1 unspecified atom stereocenters. The van der Waals surface area contributed by atoms with Crippen molar-refractivity contribution in [3.05, 3.63) is 71.8 Å². The number of rotatable bonds is 6. The van der Waals surface area contributed by atoms with Gasteiger partial charge in [0.25, 0.3) is 0 Å². The van der Waals surface area contributed by atoms with E-state index in [1.54, 1.807) is 48.5 Å². The van der Waals surface area contributed by atoms with Crippen LogP contribution >= 0.6 is 0 Å². The third kappa shape index (κ3) is 4.67. The van der Waals surface area contributed by atoms with Gasteiger partial charge in [-0.1, -0.05) is 36.4 Å². The Kier molecular flexibility index (Phi) is 5.80. The Morgan fingerprint density at radius 1 is 0.840 bits per heavy atom. The van der Waals surface area contributed by atoms with Crippen LogP contribution in [0.25, 0.3) is 0 Å². The lowest BCUT2D eigenvalue weighted by molar-refractivity contribution is -0.00597. The SMILES string of the molecule is O=C(OCC1OCC[C@@H]1COC(=O)c1ccccc1)c1ccccc1. The topological polar surface area (TPSA) is 61.8 Å². The number of esters is 2. The standard InChI is InChI=1S/C20H20O5/c21-19(15-7-3-1-4-8-15)24-13-17-11-12-23-18(17)14-25-20(22)16-9-5-2-6-10-16/h1-10,17-18H,11-14H2/t17-,18?/m1/s1. The second-order valence-corrected chi connectivity index (χ2v) is 5.89. The first-order valence-corrected chi connectivity index (χ1v) is 8.30.